The summed E-state index contributed by atoms with van der Waals surface area (Å²) >= 11 is 0. The number of benzene rings is 1. The van der Waals surface area contributed by atoms with E-state index in [9.17, 15) is 28.1 Å². The van der Waals surface area contributed by atoms with Crippen molar-refractivity contribution < 1.29 is 22.9 Å². The Labute approximate surface area is 112 Å². The van der Waals surface area contributed by atoms with Crippen LogP contribution >= 0.6 is 0 Å². The van der Waals surface area contributed by atoms with Crippen LogP contribution in [0.1, 0.15) is 23.6 Å². The average Bonchev–Trinajstić information content (AvgIpc) is 2.77. The summed E-state index contributed by atoms with van der Waals surface area (Å²) in [5.74, 6) is -1.92. The molecular weight excluding hydrogens is 277 g/mol. The van der Waals surface area contributed by atoms with Crippen molar-refractivity contribution in [2.45, 2.75) is 32.6 Å². The molecule has 1 aliphatic heterocycles. The molecule has 1 heterocycles. The van der Waals surface area contributed by atoms with Gasteiger partial charge >= 0.3 is 12.1 Å². The van der Waals surface area contributed by atoms with Gasteiger partial charge in [-0.05, 0) is 23.6 Å². The van der Waals surface area contributed by atoms with E-state index in [-0.39, 0.29) is 18.8 Å². The number of amides is 1. The second-order valence-electron chi connectivity index (χ2n) is 4.52. The smallest absolute Gasteiger partial charge is 0.326 e. The van der Waals surface area contributed by atoms with E-state index < -0.39 is 17.0 Å². The monoisotopic (exact) mass is 288 g/mol. The molecule has 5 nitrogen and oxygen atoms in total. The highest BCUT2D eigenvalue weighted by molar-refractivity contribution is 5.82. The Balaban J connectivity index is 2.34. The topological polar surface area (TPSA) is 63.5 Å². The zero-order chi connectivity index (χ0) is 15.1. The van der Waals surface area contributed by atoms with Gasteiger partial charge in [0.25, 0.3) is 5.69 Å². The van der Waals surface area contributed by atoms with Crippen molar-refractivity contribution in [3.05, 3.63) is 38.9 Å². The third kappa shape index (κ3) is 2.45. The Morgan fingerprint density at radius 2 is 1.90 bits per heavy atom. The third-order valence-corrected chi connectivity index (χ3v) is 3.23. The summed E-state index contributed by atoms with van der Waals surface area (Å²) < 4.78 is 37.1. The van der Waals surface area contributed by atoms with Crippen LogP contribution in [0.4, 0.5) is 18.9 Å². The minimum absolute atomic E-state index is 0.118. The van der Waals surface area contributed by atoms with Crippen LogP contribution in [0.25, 0.3) is 0 Å². The molecule has 1 aromatic carbocycles. The quantitative estimate of drug-likeness (QED) is 0.620. The maximum Gasteiger partial charge on any atom is 0.471 e. The molecule has 8 heteroatoms. The van der Waals surface area contributed by atoms with E-state index >= 15 is 0 Å². The Morgan fingerprint density at radius 1 is 1.35 bits per heavy atom. The molecular formula is C12H11F3N2O3. The molecule has 1 amide bonds. The van der Waals surface area contributed by atoms with Gasteiger partial charge in [0.2, 0.25) is 0 Å². The van der Waals surface area contributed by atoms with Crippen LogP contribution in [0.15, 0.2) is 12.1 Å². The van der Waals surface area contributed by atoms with Gasteiger partial charge in [-0.15, -0.1) is 0 Å². The van der Waals surface area contributed by atoms with Gasteiger partial charge in [-0.3, -0.25) is 14.9 Å². The first-order valence-corrected chi connectivity index (χ1v) is 5.89. The number of hydrogen-bond donors (Lipinski definition) is 0. The van der Waals surface area contributed by atoms with Crippen LogP contribution in [0, 0.1) is 10.1 Å². The molecule has 1 aliphatic rings. The molecule has 0 aromatic heterocycles. The van der Waals surface area contributed by atoms with Crippen LogP contribution in [0.2, 0.25) is 0 Å². The molecule has 2 rings (SSSR count). The summed E-state index contributed by atoms with van der Waals surface area (Å²) in [6.07, 6.45) is -4.53. The highest BCUT2D eigenvalue weighted by Gasteiger charge is 2.44. The largest absolute Gasteiger partial charge is 0.471 e. The van der Waals surface area contributed by atoms with Gasteiger partial charge in [-0.2, -0.15) is 13.2 Å². The predicted octanol–water partition coefficient (Wildman–Crippen LogP) is 2.56. The Kier molecular flexibility index (Phi) is 3.41. The van der Waals surface area contributed by atoms with Gasteiger partial charge < -0.3 is 4.90 Å². The molecule has 20 heavy (non-hydrogen) atoms. The molecule has 0 spiro atoms. The second-order valence-corrected chi connectivity index (χ2v) is 4.52. The van der Waals surface area contributed by atoms with Crippen LogP contribution < -0.4 is 0 Å². The lowest BCUT2D eigenvalue weighted by Crippen LogP contribution is -2.37. The van der Waals surface area contributed by atoms with Crippen LogP contribution in [-0.2, 0) is 24.3 Å². The molecule has 0 N–H and O–H groups in total. The van der Waals surface area contributed by atoms with Gasteiger partial charge in [0.1, 0.15) is 0 Å². The molecule has 0 atom stereocenters. The summed E-state index contributed by atoms with van der Waals surface area (Å²) in [6, 6.07) is 2.77. The molecule has 0 aliphatic carbocycles. The first kappa shape index (κ1) is 14.3. The summed E-state index contributed by atoms with van der Waals surface area (Å²) in [7, 11) is 0. The molecule has 0 fully saturated rings. The first-order chi connectivity index (χ1) is 9.24. The minimum atomic E-state index is -4.93. The summed E-state index contributed by atoms with van der Waals surface area (Å²) in [6.45, 7) is 1.31. The summed E-state index contributed by atoms with van der Waals surface area (Å²) in [5.41, 5.74) is 1.26. The van der Waals surface area contributed by atoms with E-state index in [1.165, 1.54) is 12.1 Å². The first-order valence-electron chi connectivity index (χ1n) is 5.89. The molecule has 108 valence electrons. The van der Waals surface area contributed by atoms with Crippen LogP contribution in [0.5, 0.6) is 0 Å². The lowest BCUT2D eigenvalue weighted by Gasteiger charge is -2.16. The van der Waals surface area contributed by atoms with Crippen molar-refractivity contribution in [2.75, 3.05) is 0 Å². The average molecular weight is 288 g/mol. The number of hydrogen-bond acceptors (Lipinski definition) is 3. The lowest BCUT2D eigenvalue weighted by molar-refractivity contribution is -0.385. The normalized spacial score (nSPS) is 14.3. The van der Waals surface area contributed by atoms with Crippen molar-refractivity contribution in [2.24, 2.45) is 0 Å². The molecule has 1 aromatic rings. The summed E-state index contributed by atoms with van der Waals surface area (Å²) in [4.78, 5) is 22.2. The number of carbonyl (C=O) groups excluding carboxylic acids is 1. The number of halogens is 3. The maximum atomic E-state index is 12.4. The van der Waals surface area contributed by atoms with Crippen molar-refractivity contribution >= 4 is 11.6 Å². The number of nitro groups is 1. The third-order valence-electron chi connectivity index (χ3n) is 3.23. The van der Waals surface area contributed by atoms with Gasteiger partial charge in [-0.1, -0.05) is 6.92 Å². The van der Waals surface area contributed by atoms with E-state index in [1.807, 2.05) is 0 Å². The Morgan fingerprint density at radius 3 is 2.35 bits per heavy atom. The standard InChI is InChI=1S/C12H11F3N2O3/c1-2-7-3-8-5-16(11(18)12(13,14)15)6-9(8)4-10(7)17(19)20/h3-4H,2,5-6H2,1H3. The molecule has 0 radical (unpaired) electrons. The van der Waals surface area contributed by atoms with Crippen LogP contribution in [-0.4, -0.2) is 21.9 Å². The van der Waals surface area contributed by atoms with E-state index in [1.54, 1.807) is 6.92 Å². The number of aryl methyl sites for hydroxylation is 1. The Bertz CT molecular complexity index is 584. The van der Waals surface area contributed by atoms with Crippen LogP contribution in [0.3, 0.4) is 0 Å². The highest BCUT2D eigenvalue weighted by atomic mass is 19.4. The molecule has 0 saturated carbocycles. The zero-order valence-electron chi connectivity index (χ0n) is 10.5. The number of fused-ring (bicyclic) bond motifs is 1. The zero-order valence-corrected chi connectivity index (χ0v) is 10.5. The van der Waals surface area contributed by atoms with Crippen molar-refractivity contribution in [3.63, 3.8) is 0 Å². The van der Waals surface area contributed by atoms with Gasteiger partial charge in [0.05, 0.1) is 4.92 Å². The van der Waals surface area contributed by atoms with E-state index in [2.05, 4.69) is 0 Å². The van der Waals surface area contributed by atoms with Crippen molar-refractivity contribution in [1.82, 2.24) is 4.90 Å². The van der Waals surface area contributed by atoms with E-state index in [0.717, 1.165) is 0 Å². The predicted molar refractivity (Wildman–Crippen MR) is 62.8 cm³/mol. The number of nitro benzene ring substituents is 1. The summed E-state index contributed by atoms with van der Waals surface area (Å²) in [5, 5.41) is 10.9. The number of alkyl halides is 3. The number of nitrogens with zero attached hydrogens (tertiary/aromatic N) is 2. The lowest BCUT2D eigenvalue weighted by atomic mass is 10.0. The highest BCUT2D eigenvalue weighted by Crippen LogP contribution is 2.32. The number of rotatable bonds is 2. The molecule has 0 saturated heterocycles. The fraction of sp³-hybridized carbons (Fsp3) is 0.417. The van der Waals surface area contributed by atoms with Crippen molar-refractivity contribution in [1.29, 1.82) is 0 Å². The maximum absolute atomic E-state index is 12.4. The fourth-order valence-electron chi connectivity index (χ4n) is 2.26. The van der Waals surface area contributed by atoms with E-state index in [0.29, 0.717) is 28.0 Å². The van der Waals surface area contributed by atoms with Gasteiger partial charge in [0.15, 0.2) is 0 Å². The van der Waals surface area contributed by atoms with Gasteiger partial charge in [-0.25, -0.2) is 0 Å². The Hall–Kier alpha value is -2.12. The second kappa shape index (κ2) is 4.77. The molecule has 0 unspecified atom stereocenters. The molecule has 0 bridgehead atoms. The van der Waals surface area contributed by atoms with Crippen molar-refractivity contribution in [3.8, 4) is 0 Å². The fourth-order valence-corrected chi connectivity index (χ4v) is 2.26. The van der Waals surface area contributed by atoms with Gasteiger partial charge in [0, 0.05) is 24.7 Å². The van der Waals surface area contributed by atoms with E-state index in [4.69, 9.17) is 0 Å². The minimum Gasteiger partial charge on any atom is -0.326 e. The number of carbonyl (C=O) groups is 1. The SMILES string of the molecule is CCc1cc2c(cc1[N+](=O)[O-])CN(C(=O)C(F)(F)F)C2.